The zero-order valence-electron chi connectivity index (χ0n) is 18.0. The summed E-state index contributed by atoms with van der Waals surface area (Å²) in [5.41, 5.74) is 6.20. The highest BCUT2D eigenvalue weighted by Gasteiger charge is 2.27. The average Bonchev–Trinajstić information content (AvgIpc) is 2.77. The van der Waals surface area contributed by atoms with Crippen molar-refractivity contribution in [3.63, 3.8) is 0 Å². The maximum absolute atomic E-state index is 13.3. The van der Waals surface area contributed by atoms with E-state index in [1.54, 1.807) is 31.2 Å². The molecule has 0 bridgehead atoms. The minimum Gasteiger partial charge on any atom is -0.271 e. The van der Waals surface area contributed by atoms with Gasteiger partial charge in [-0.15, -0.1) is 0 Å². The van der Waals surface area contributed by atoms with Gasteiger partial charge >= 0.3 is 0 Å². The number of halogens is 1. The van der Waals surface area contributed by atoms with Crippen LogP contribution in [0.3, 0.4) is 0 Å². The number of carbonyl (C=O) groups excluding carboxylic acids is 1. The van der Waals surface area contributed by atoms with Crippen LogP contribution in [0.5, 0.6) is 0 Å². The second-order valence-electron chi connectivity index (χ2n) is 7.40. The summed E-state index contributed by atoms with van der Waals surface area (Å²) in [4.78, 5) is 12.5. The molecule has 0 unspecified atom stereocenters. The first kappa shape index (κ1) is 23.1. The van der Waals surface area contributed by atoms with E-state index in [-0.39, 0.29) is 4.90 Å². The van der Waals surface area contributed by atoms with Gasteiger partial charge in [0.15, 0.2) is 0 Å². The molecule has 3 rings (SSSR count). The van der Waals surface area contributed by atoms with E-state index >= 15 is 0 Å². The number of hydrogen-bond donors (Lipinski definition) is 1. The van der Waals surface area contributed by atoms with E-state index in [4.69, 9.17) is 0 Å². The fourth-order valence-corrected chi connectivity index (χ4v) is 4.35. The van der Waals surface area contributed by atoms with Crippen molar-refractivity contribution < 1.29 is 17.6 Å². The lowest BCUT2D eigenvalue weighted by molar-refractivity contribution is -0.119. The smallest absolute Gasteiger partial charge is 0.264 e. The van der Waals surface area contributed by atoms with Crippen LogP contribution >= 0.6 is 0 Å². The van der Waals surface area contributed by atoms with E-state index in [2.05, 4.69) is 10.5 Å². The lowest BCUT2D eigenvalue weighted by Gasteiger charge is -2.24. The molecule has 8 heteroatoms. The SMILES string of the molecule is C/C(=N/NC(=O)CN(c1ccc(C)cc1)S(=O)(=O)c1ccc(F)cc1)c1ccc(C)cc1. The van der Waals surface area contributed by atoms with Crippen LogP contribution in [0.2, 0.25) is 0 Å². The molecule has 0 spiro atoms. The Bertz CT molecular complexity index is 1220. The van der Waals surface area contributed by atoms with Crippen LogP contribution in [0.15, 0.2) is 82.8 Å². The molecule has 6 nitrogen and oxygen atoms in total. The predicted octanol–water partition coefficient (Wildman–Crippen LogP) is 4.18. The van der Waals surface area contributed by atoms with Gasteiger partial charge in [0.1, 0.15) is 12.4 Å². The zero-order chi connectivity index (χ0) is 23.3. The molecular formula is C24H24FN3O3S. The molecule has 0 heterocycles. The van der Waals surface area contributed by atoms with Crippen molar-refractivity contribution in [2.24, 2.45) is 5.10 Å². The molecule has 3 aromatic carbocycles. The van der Waals surface area contributed by atoms with Gasteiger partial charge in [0, 0.05) is 0 Å². The number of nitrogens with one attached hydrogen (secondary N) is 1. The summed E-state index contributed by atoms with van der Waals surface area (Å²) < 4.78 is 40.8. The van der Waals surface area contributed by atoms with Crippen molar-refractivity contribution in [3.8, 4) is 0 Å². The minimum atomic E-state index is -4.12. The van der Waals surface area contributed by atoms with Crippen LogP contribution in [-0.4, -0.2) is 26.6 Å². The number of benzene rings is 3. The highest BCUT2D eigenvalue weighted by Crippen LogP contribution is 2.24. The molecule has 0 aliphatic carbocycles. The first-order valence-electron chi connectivity index (χ1n) is 9.92. The highest BCUT2D eigenvalue weighted by atomic mass is 32.2. The molecule has 0 saturated heterocycles. The molecule has 0 radical (unpaired) electrons. The molecule has 166 valence electrons. The molecule has 0 aromatic heterocycles. The van der Waals surface area contributed by atoms with E-state index in [1.807, 2.05) is 38.1 Å². The number of sulfonamides is 1. The van der Waals surface area contributed by atoms with Crippen molar-refractivity contribution in [1.29, 1.82) is 0 Å². The van der Waals surface area contributed by atoms with E-state index in [1.165, 1.54) is 12.1 Å². The van der Waals surface area contributed by atoms with Crippen molar-refractivity contribution in [2.45, 2.75) is 25.7 Å². The molecule has 0 saturated carbocycles. The normalized spacial score (nSPS) is 11.8. The van der Waals surface area contributed by atoms with Crippen molar-refractivity contribution in [2.75, 3.05) is 10.8 Å². The highest BCUT2D eigenvalue weighted by molar-refractivity contribution is 7.92. The Morgan fingerprint density at radius 2 is 1.44 bits per heavy atom. The summed E-state index contributed by atoms with van der Waals surface area (Å²) in [6.45, 7) is 5.10. The molecule has 1 N–H and O–H groups in total. The Morgan fingerprint density at radius 1 is 0.906 bits per heavy atom. The van der Waals surface area contributed by atoms with Gasteiger partial charge < -0.3 is 0 Å². The van der Waals surface area contributed by atoms with Crippen LogP contribution in [0.4, 0.5) is 10.1 Å². The van der Waals surface area contributed by atoms with Crippen molar-refractivity contribution >= 4 is 27.3 Å². The van der Waals surface area contributed by atoms with Crippen LogP contribution in [0.1, 0.15) is 23.6 Å². The van der Waals surface area contributed by atoms with Gasteiger partial charge in [-0.05, 0) is 62.7 Å². The van der Waals surface area contributed by atoms with Gasteiger partial charge in [-0.25, -0.2) is 18.2 Å². The number of hydrazone groups is 1. The number of rotatable bonds is 7. The third-order valence-corrected chi connectivity index (χ3v) is 6.62. The molecule has 0 aliphatic heterocycles. The number of aryl methyl sites for hydroxylation is 2. The van der Waals surface area contributed by atoms with Crippen molar-refractivity contribution in [3.05, 3.63) is 95.3 Å². The molecule has 0 aliphatic rings. The molecule has 0 atom stereocenters. The summed E-state index contributed by atoms with van der Waals surface area (Å²) in [6, 6.07) is 18.8. The molecular weight excluding hydrogens is 429 g/mol. The minimum absolute atomic E-state index is 0.119. The fraction of sp³-hybridized carbons (Fsp3) is 0.167. The summed E-state index contributed by atoms with van der Waals surface area (Å²) in [5.74, 6) is -1.16. The van der Waals surface area contributed by atoms with E-state index < -0.39 is 28.3 Å². The Kier molecular flexibility index (Phi) is 7.05. The second-order valence-corrected chi connectivity index (χ2v) is 9.26. The number of nitrogens with zero attached hydrogens (tertiary/aromatic N) is 2. The third-order valence-electron chi connectivity index (χ3n) is 4.83. The topological polar surface area (TPSA) is 78.8 Å². The maximum atomic E-state index is 13.3. The predicted molar refractivity (Wildman–Crippen MR) is 124 cm³/mol. The summed E-state index contributed by atoms with van der Waals surface area (Å²) in [7, 11) is -4.12. The van der Waals surface area contributed by atoms with Gasteiger partial charge in [0.2, 0.25) is 0 Å². The Labute approximate surface area is 187 Å². The van der Waals surface area contributed by atoms with E-state index in [0.29, 0.717) is 11.4 Å². The van der Waals surface area contributed by atoms with Gasteiger partial charge in [-0.2, -0.15) is 5.10 Å². The number of anilines is 1. The van der Waals surface area contributed by atoms with Gasteiger partial charge in [-0.3, -0.25) is 9.10 Å². The number of amides is 1. The molecule has 0 fully saturated rings. The summed E-state index contributed by atoms with van der Waals surface area (Å²) in [5, 5.41) is 4.10. The maximum Gasteiger partial charge on any atom is 0.264 e. The van der Waals surface area contributed by atoms with Gasteiger partial charge in [-0.1, -0.05) is 47.5 Å². The van der Waals surface area contributed by atoms with Gasteiger partial charge in [0.05, 0.1) is 16.3 Å². The second kappa shape index (κ2) is 9.74. The standard InChI is InChI=1S/C24H24FN3O3S/c1-17-4-8-20(9-5-17)19(3)26-27-24(29)16-28(22-12-6-18(2)7-13-22)32(30,31)23-14-10-21(25)11-15-23/h4-15H,16H2,1-3H3,(H,27,29)/b26-19-. The summed E-state index contributed by atoms with van der Waals surface area (Å²) in [6.07, 6.45) is 0. The number of hydrogen-bond acceptors (Lipinski definition) is 4. The largest absolute Gasteiger partial charge is 0.271 e. The number of carbonyl (C=O) groups is 1. The fourth-order valence-electron chi connectivity index (χ4n) is 2.93. The van der Waals surface area contributed by atoms with Crippen LogP contribution in [0, 0.1) is 19.7 Å². The zero-order valence-corrected chi connectivity index (χ0v) is 18.9. The average molecular weight is 454 g/mol. The lowest BCUT2D eigenvalue weighted by Crippen LogP contribution is -2.39. The van der Waals surface area contributed by atoms with Crippen LogP contribution in [0.25, 0.3) is 0 Å². The Hall–Kier alpha value is -3.52. The Balaban J connectivity index is 1.86. The first-order valence-corrected chi connectivity index (χ1v) is 11.4. The third kappa shape index (κ3) is 5.59. The molecule has 1 amide bonds. The van der Waals surface area contributed by atoms with Crippen LogP contribution < -0.4 is 9.73 Å². The quantitative estimate of drug-likeness (QED) is 0.431. The Morgan fingerprint density at radius 3 is 2.00 bits per heavy atom. The van der Waals surface area contributed by atoms with E-state index in [9.17, 15) is 17.6 Å². The van der Waals surface area contributed by atoms with Crippen LogP contribution in [-0.2, 0) is 14.8 Å². The van der Waals surface area contributed by atoms with Gasteiger partial charge in [0.25, 0.3) is 15.9 Å². The summed E-state index contributed by atoms with van der Waals surface area (Å²) >= 11 is 0. The monoisotopic (exact) mass is 453 g/mol. The molecule has 3 aromatic rings. The van der Waals surface area contributed by atoms with Crippen molar-refractivity contribution in [1.82, 2.24) is 5.43 Å². The lowest BCUT2D eigenvalue weighted by atomic mass is 10.1. The molecule has 32 heavy (non-hydrogen) atoms. The van der Waals surface area contributed by atoms with E-state index in [0.717, 1.165) is 33.1 Å². The first-order chi connectivity index (χ1) is 15.2.